The van der Waals surface area contributed by atoms with Crippen molar-refractivity contribution >= 4 is 5.91 Å². The third-order valence-corrected chi connectivity index (χ3v) is 4.34. The van der Waals surface area contributed by atoms with Gasteiger partial charge < -0.3 is 10.6 Å². The maximum absolute atomic E-state index is 12.1. The van der Waals surface area contributed by atoms with Gasteiger partial charge in [-0.15, -0.1) is 0 Å². The van der Waals surface area contributed by atoms with E-state index in [0.29, 0.717) is 17.5 Å². The summed E-state index contributed by atoms with van der Waals surface area (Å²) in [6.07, 6.45) is 13.0. The van der Waals surface area contributed by atoms with Gasteiger partial charge in [0.05, 0.1) is 11.9 Å². The first-order chi connectivity index (χ1) is 10.7. The molecule has 1 aliphatic heterocycles. The smallest absolute Gasteiger partial charge is 0.275 e. The van der Waals surface area contributed by atoms with Gasteiger partial charge in [-0.2, -0.15) is 0 Å². The van der Waals surface area contributed by atoms with E-state index in [4.69, 9.17) is 0 Å². The van der Waals surface area contributed by atoms with E-state index in [9.17, 15) is 4.79 Å². The van der Waals surface area contributed by atoms with E-state index in [2.05, 4.69) is 32.8 Å². The Morgan fingerprint density at radius 1 is 1.36 bits per heavy atom. The first kappa shape index (κ1) is 14.9. The quantitative estimate of drug-likeness (QED) is 0.895. The molecule has 0 spiro atoms. The number of carbonyl (C=O) groups excluding carboxylic acids is 1. The molecule has 1 aliphatic carbocycles. The molecule has 2 N–H and O–H groups in total. The number of nitrogens with one attached hydrogen (secondary N) is 2. The van der Waals surface area contributed by atoms with Gasteiger partial charge in [0.25, 0.3) is 5.91 Å². The second-order valence-corrected chi connectivity index (χ2v) is 6.02. The number of rotatable bonds is 3. The molecular weight excluding hydrogens is 276 g/mol. The number of amides is 1. The van der Waals surface area contributed by atoms with Crippen molar-refractivity contribution in [1.29, 1.82) is 0 Å². The monoisotopic (exact) mass is 298 g/mol. The lowest BCUT2D eigenvalue weighted by atomic mass is 9.82. The molecule has 5 nitrogen and oxygen atoms in total. The summed E-state index contributed by atoms with van der Waals surface area (Å²) in [7, 11) is 0. The van der Waals surface area contributed by atoms with Crippen LogP contribution in [0.2, 0.25) is 0 Å². The highest BCUT2D eigenvalue weighted by Gasteiger charge is 2.22. The van der Waals surface area contributed by atoms with E-state index < -0.39 is 0 Å². The van der Waals surface area contributed by atoms with Crippen LogP contribution in [-0.2, 0) is 0 Å². The summed E-state index contributed by atoms with van der Waals surface area (Å²) in [5.41, 5.74) is 2.00. The van der Waals surface area contributed by atoms with Crippen LogP contribution in [0.3, 0.4) is 0 Å². The first-order valence-electron chi connectivity index (χ1n) is 7.91. The van der Waals surface area contributed by atoms with E-state index in [1.807, 2.05) is 13.0 Å². The Kier molecular flexibility index (Phi) is 4.63. The van der Waals surface area contributed by atoms with Gasteiger partial charge >= 0.3 is 0 Å². The minimum Gasteiger partial charge on any atom is -0.321 e. The molecule has 0 bridgehead atoms. The van der Waals surface area contributed by atoms with Crippen molar-refractivity contribution < 1.29 is 4.79 Å². The largest absolute Gasteiger partial charge is 0.321 e. The zero-order valence-corrected chi connectivity index (χ0v) is 12.9. The van der Waals surface area contributed by atoms with Gasteiger partial charge in [-0.25, -0.2) is 4.98 Å². The number of aryl methyl sites for hydroxylation is 1. The molecule has 0 radical (unpaired) electrons. The molecule has 116 valence electrons. The van der Waals surface area contributed by atoms with Gasteiger partial charge in [-0.05, 0) is 57.2 Å². The van der Waals surface area contributed by atoms with E-state index >= 15 is 0 Å². The summed E-state index contributed by atoms with van der Waals surface area (Å²) >= 11 is 0. The van der Waals surface area contributed by atoms with Crippen LogP contribution in [0.25, 0.3) is 0 Å². The number of hydrogen-bond donors (Lipinski definition) is 2. The second kappa shape index (κ2) is 6.83. The lowest BCUT2D eigenvalue weighted by Gasteiger charge is -2.30. The van der Waals surface area contributed by atoms with Gasteiger partial charge in [0.1, 0.15) is 5.69 Å². The molecule has 2 atom stereocenters. The summed E-state index contributed by atoms with van der Waals surface area (Å²) in [4.78, 5) is 20.3. The molecule has 0 saturated carbocycles. The standard InChI is InChI=1S/C17H22N4O/c1-12-9-20-16(11-19-12)17(22)21-15-6-4-13(5-7-15)14-3-2-8-18-10-14/h4,6-7,9,11,13-14,18H,2-3,5,8,10H2,1H3,(H,21,22)/t13?,14-/m1/s1. The van der Waals surface area contributed by atoms with Crippen LogP contribution in [0, 0.1) is 18.8 Å². The molecule has 2 heterocycles. The molecule has 2 aliphatic rings. The highest BCUT2D eigenvalue weighted by atomic mass is 16.1. The Hall–Kier alpha value is -2.01. The van der Waals surface area contributed by atoms with E-state index in [1.54, 1.807) is 6.20 Å². The van der Waals surface area contributed by atoms with Gasteiger partial charge in [0.2, 0.25) is 0 Å². The SMILES string of the molecule is Cc1cnc(C(=O)NC2=CCC([C@@H]3CCCNC3)C=C2)cn1. The number of aromatic nitrogens is 2. The topological polar surface area (TPSA) is 66.9 Å². The van der Waals surface area contributed by atoms with Crippen molar-refractivity contribution in [1.82, 2.24) is 20.6 Å². The van der Waals surface area contributed by atoms with Gasteiger partial charge in [-0.3, -0.25) is 9.78 Å². The van der Waals surface area contributed by atoms with Crippen molar-refractivity contribution in [2.75, 3.05) is 13.1 Å². The van der Waals surface area contributed by atoms with Crippen LogP contribution >= 0.6 is 0 Å². The van der Waals surface area contributed by atoms with Crippen LogP contribution in [0.4, 0.5) is 0 Å². The molecule has 22 heavy (non-hydrogen) atoms. The minimum atomic E-state index is -0.207. The average molecular weight is 298 g/mol. The molecule has 1 aromatic rings. The Labute approximate surface area is 130 Å². The Bertz CT molecular complexity index is 585. The number of nitrogens with zero attached hydrogens (tertiary/aromatic N) is 2. The molecule has 1 aromatic heterocycles. The van der Waals surface area contributed by atoms with Crippen molar-refractivity contribution in [3.8, 4) is 0 Å². The predicted octanol–water partition coefficient (Wildman–Crippen LogP) is 1.97. The van der Waals surface area contributed by atoms with Crippen molar-refractivity contribution in [2.45, 2.75) is 26.2 Å². The number of piperidine rings is 1. The molecular formula is C17H22N4O. The third-order valence-electron chi connectivity index (χ3n) is 4.34. The van der Waals surface area contributed by atoms with Gasteiger partial charge in [0, 0.05) is 11.9 Å². The molecule has 1 saturated heterocycles. The number of carbonyl (C=O) groups is 1. The highest BCUT2D eigenvalue weighted by Crippen LogP contribution is 2.27. The Balaban J connectivity index is 1.56. The van der Waals surface area contributed by atoms with E-state index in [-0.39, 0.29) is 5.91 Å². The molecule has 1 amide bonds. The summed E-state index contributed by atoms with van der Waals surface area (Å²) in [6.45, 7) is 4.09. The zero-order valence-electron chi connectivity index (χ0n) is 12.9. The van der Waals surface area contributed by atoms with Crippen molar-refractivity contribution in [2.24, 2.45) is 11.8 Å². The van der Waals surface area contributed by atoms with Crippen LogP contribution in [0.5, 0.6) is 0 Å². The third kappa shape index (κ3) is 3.60. The number of hydrogen-bond acceptors (Lipinski definition) is 4. The molecule has 0 aromatic carbocycles. The maximum atomic E-state index is 12.1. The van der Waals surface area contributed by atoms with Crippen molar-refractivity contribution in [3.05, 3.63) is 47.7 Å². The zero-order chi connectivity index (χ0) is 15.4. The lowest BCUT2D eigenvalue weighted by molar-refractivity contribution is 0.0961. The second-order valence-electron chi connectivity index (χ2n) is 6.02. The minimum absolute atomic E-state index is 0.207. The summed E-state index contributed by atoms with van der Waals surface area (Å²) in [5.74, 6) is 1.08. The van der Waals surface area contributed by atoms with E-state index in [0.717, 1.165) is 30.9 Å². The van der Waals surface area contributed by atoms with Crippen LogP contribution in [-0.4, -0.2) is 29.0 Å². The van der Waals surface area contributed by atoms with Crippen LogP contribution < -0.4 is 10.6 Å². The van der Waals surface area contributed by atoms with E-state index in [1.165, 1.54) is 19.0 Å². The normalized spacial score (nSPS) is 24.7. The first-order valence-corrected chi connectivity index (χ1v) is 7.91. The summed E-state index contributed by atoms with van der Waals surface area (Å²) < 4.78 is 0. The van der Waals surface area contributed by atoms with Gasteiger partial charge in [0.15, 0.2) is 0 Å². The molecule has 5 heteroatoms. The van der Waals surface area contributed by atoms with Gasteiger partial charge in [-0.1, -0.05) is 12.2 Å². The fourth-order valence-corrected chi connectivity index (χ4v) is 3.03. The molecule has 1 unspecified atom stereocenters. The maximum Gasteiger partial charge on any atom is 0.275 e. The van der Waals surface area contributed by atoms with Crippen LogP contribution in [0.15, 0.2) is 36.3 Å². The fraction of sp³-hybridized carbons (Fsp3) is 0.471. The fourth-order valence-electron chi connectivity index (χ4n) is 3.03. The van der Waals surface area contributed by atoms with Crippen LogP contribution in [0.1, 0.15) is 35.4 Å². The number of allylic oxidation sites excluding steroid dienone is 3. The highest BCUT2D eigenvalue weighted by molar-refractivity contribution is 5.93. The average Bonchev–Trinajstić information content (AvgIpc) is 2.57. The van der Waals surface area contributed by atoms with Crippen molar-refractivity contribution in [3.63, 3.8) is 0 Å². The Morgan fingerprint density at radius 2 is 2.27 bits per heavy atom. The predicted molar refractivity (Wildman–Crippen MR) is 85.2 cm³/mol. The molecule has 3 rings (SSSR count). The molecule has 1 fully saturated rings. The lowest BCUT2D eigenvalue weighted by Crippen LogP contribution is -2.34. The Morgan fingerprint density at radius 3 is 2.91 bits per heavy atom. The summed E-state index contributed by atoms with van der Waals surface area (Å²) in [5, 5.41) is 6.36. The summed E-state index contributed by atoms with van der Waals surface area (Å²) in [6, 6.07) is 0.